The highest BCUT2D eigenvalue weighted by molar-refractivity contribution is 6.30. The van der Waals surface area contributed by atoms with Crippen LogP contribution in [0, 0.1) is 6.92 Å². The Labute approximate surface area is 119 Å². The van der Waals surface area contributed by atoms with Crippen LogP contribution in [0.25, 0.3) is 0 Å². The van der Waals surface area contributed by atoms with E-state index in [2.05, 4.69) is 47.8 Å². The third kappa shape index (κ3) is 2.71. The molecular weight excluding hydrogens is 258 g/mol. The Morgan fingerprint density at radius 2 is 1.89 bits per heavy atom. The minimum atomic E-state index is 0.541. The maximum atomic E-state index is 6.18. The average Bonchev–Trinajstić information content (AvgIpc) is 2.42. The van der Waals surface area contributed by atoms with Crippen LogP contribution in [0.5, 0.6) is 0 Å². The molecule has 1 heterocycles. The summed E-state index contributed by atoms with van der Waals surface area (Å²) in [6.45, 7) is 7.12. The Morgan fingerprint density at radius 1 is 1.16 bits per heavy atom. The zero-order valence-electron chi connectivity index (χ0n) is 11.5. The second-order valence-electron chi connectivity index (χ2n) is 4.35. The summed E-state index contributed by atoms with van der Waals surface area (Å²) in [5, 5.41) is 0.541. The van der Waals surface area contributed by atoms with E-state index in [1.54, 1.807) is 0 Å². The number of halogens is 1. The summed E-state index contributed by atoms with van der Waals surface area (Å²) in [6.07, 6.45) is 2.34. The predicted molar refractivity (Wildman–Crippen MR) is 80.3 cm³/mol. The van der Waals surface area contributed by atoms with Gasteiger partial charge in [-0.15, -0.1) is 0 Å². The van der Waals surface area contributed by atoms with Crippen molar-refractivity contribution in [3.8, 4) is 0 Å². The summed E-state index contributed by atoms with van der Waals surface area (Å²) in [6, 6.07) is 8.29. The minimum absolute atomic E-state index is 0.541. The van der Waals surface area contributed by atoms with Gasteiger partial charge in [0, 0.05) is 17.8 Å². The Hall–Kier alpha value is -1.61. The monoisotopic (exact) mass is 275 g/mol. The van der Waals surface area contributed by atoms with Crippen molar-refractivity contribution in [1.82, 2.24) is 9.97 Å². The van der Waals surface area contributed by atoms with Crippen molar-refractivity contribution in [2.45, 2.75) is 27.2 Å². The number of hydrogen-bond acceptors (Lipinski definition) is 3. The molecule has 0 aliphatic carbocycles. The van der Waals surface area contributed by atoms with Crippen LogP contribution in [0.4, 0.5) is 11.5 Å². The summed E-state index contributed by atoms with van der Waals surface area (Å²) in [4.78, 5) is 10.7. The number of anilines is 2. The average molecular weight is 276 g/mol. The third-order valence-corrected chi connectivity index (χ3v) is 3.53. The van der Waals surface area contributed by atoms with E-state index in [-0.39, 0.29) is 0 Å². The van der Waals surface area contributed by atoms with Crippen LogP contribution in [-0.2, 0) is 6.42 Å². The van der Waals surface area contributed by atoms with Crippen molar-refractivity contribution >= 4 is 23.1 Å². The van der Waals surface area contributed by atoms with E-state index in [0.29, 0.717) is 5.15 Å². The molecule has 0 atom stereocenters. The highest BCUT2D eigenvalue weighted by Gasteiger charge is 2.16. The van der Waals surface area contributed by atoms with Crippen LogP contribution in [0.3, 0.4) is 0 Å². The second kappa shape index (κ2) is 6.02. The van der Waals surface area contributed by atoms with E-state index in [4.69, 9.17) is 11.6 Å². The van der Waals surface area contributed by atoms with Gasteiger partial charge in [0.15, 0.2) is 0 Å². The quantitative estimate of drug-likeness (QED) is 0.785. The molecule has 0 radical (unpaired) electrons. The van der Waals surface area contributed by atoms with E-state index >= 15 is 0 Å². The molecule has 0 aliphatic rings. The zero-order valence-corrected chi connectivity index (χ0v) is 12.3. The SMILES string of the molecule is CCc1c(Cl)ncnc1N(CC)c1ccccc1C. The van der Waals surface area contributed by atoms with Crippen molar-refractivity contribution < 1.29 is 0 Å². The first-order valence-electron chi connectivity index (χ1n) is 6.51. The van der Waals surface area contributed by atoms with Crippen molar-refractivity contribution in [2.24, 2.45) is 0 Å². The first-order valence-corrected chi connectivity index (χ1v) is 6.89. The number of aryl methyl sites for hydroxylation is 1. The lowest BCUT2D eigenvalue weighted by atomic mass is 10.1. The maximum absolute atomic E-state index is 6.18. The van der Waals surface area contributed by atoms with Crippen molar-refractivity contribution in [2.75, 3.05) is 11.4 Å². The molecule has 2 rings (SSSR count). The van der Waals surface area contributed by atoms with Gasteiger partial charge in [0.25, 0.3) is 0 Å². The molecular formula is C15H18ClN3. The van der Waals surface area contributed by atoms with Crippen LogP contribution >= 0.6 is 11.6 Å². The fourth-order valence-corrected chi connectivity index (χ4v) is 2.48. The lowest BCUT2D eigenvalue weighted by molar-refractivity contribution is 0.935. The predicted octanol–water partition coefficient (Wildman–Crippen LogP) is 4.16. The van der Waals surface area contributed by atoms with Gasteiger partial charge in [0.2, 0.25) is 0 Å². The Kier molecular flexibility index (Phi) is 4.38. The fourth-order valence-electron chi connectivity index (χ4n) is 2.22. The maximum Gasteiger partial charge on any atom is 0.141 e. The standard InChI is InChI=1S/C15H18ClN3/c1-4-12-14(16)17-10-18-15(12)19(5-2)13-9-7-6-8-11(13)3/h6-10H,4-5H2,1-3H3. The summed E-state index contributed by atoms with van der Waals surface area (Å²) < 4.78 is 0. The van der Waals surface area contributed by atoms with Gasteiger partial charge in [-0.2, -0.15) is 0 Å². The number of aromatic nitrogens is 2. The van der Waals surface area contributed by atoms with Crippen LogP contribution in [0.15, 0.2) is 30.6 Å². The van der Waals surface area contributed by atoms with E-state index < -0.39 is 0 Å². The molecule has 0 saturated heterocycles. The number of nitrogens with zero attached hydrogens (tertiary/aromatic N) is 3. The zero-order chi connectivity index (χ0) is 13.8. The lowest BCUT2D eigenvalue weighted by Gasteiger charge is -2.26. The van der Waals surface area contributed by atoms with E-state index in [9.17, 15) is 0 Å². The van der Waals surface area contributed by atoms with Gasteiger partial charge < -0.3 is 4.90 Å². The second-order valence-corrected chi connectivity index (χ2v) is 4.71. The molecule has 0 amide bonds. The molecule has 19 heavy (non-hydrogen) atoms. The van der Waals surface area contributed by atoms with Gasteiger partial charge in [0.05, 0.1) is 0 Å². The van der Waals surface area contributed by atoms with Crippen LogP contribution in [-0.4, -0.2) is 16.5 Å². The van der Waals surface area contributed by atoms with E-state index in [0.717, 1.165) is 30.0 Å². The summed E-state index contributed by atoms with van der Waals surface area (Å²) in [5.74, 6) is 0.902. The normalized spacial score (nSPS) is 10.5. The molecule has 1 aromatic carbocycles. The molecule has 0 aliphatic heterocycles. The molecule has 100 valence electrons. The molecule has 0 unspecified atom stereocenters. The topological polar surface area (TPSA) is 29.0 Å². The largest absolute Gasteiger partial charge is 0.326 e. The van der Waals surface area contributed by atoms with Gasteiger partial charge in [0.1, 0.15) is 17.3 Å². The molecule has 0 N–H and O–H groups in total. The van der Waals surface area contributed by atoms with Crippen LogP contribution < -0.4 is 4.90 Å². The van der Waals surface area contributed by atoms with Crippen LogP contribution in [0.1, 0.15) is 25.0 Å². The highest BCUT2D eigenvalue weighted by atomic mass is 35.5. The van der Waals surface area contributed by atoms with Gasteiger partial charge in [-0.25, -0.2) is 9.97 Å². The number of benzene rings is 1. The first kappa shape index (κ1) is 13.8. The third-order valence-electron chi connectivity index (χ3n) is 3.20. The summed E-state index contributed by atoms with van der Waals surface area (Å²) in [7, 11) is 0. The highest BCUT2D eigenvalue weighted by Crippen LogP contribution is 2.31. The van der Waals surface area contributed by atoms with Crippen LogP contribution in [0.2, 0.25) is 5.15 Å². The molecule has 3 nitrogen and oxygen atoms in total. The van der Waals surface area contributed by atoms with Crippen molar-refractivity contribution in [1.29, 1.82) is 0 Å². The number of hydrogen-bond donors (Lipinski definition) is 0. The molecule has 2 aromatic rings. The molecule has 0 spiro atoms. The fraction of sp³-hybridized carbons (Fsp3) is 0.333. The van der Waals surface area contributed by atoms with E-state index in [1.807, 2.05) is 12.1 Å². The Morgan fingerprint density at radius 3 is 2.53 bits per heavy atom. The van der Waals surface area contributed by atoms with Gasteiger partial charge in [-0.05, 0) is 31.9 Å². The minimum Gasteiger partial charge on any atom is -0.326 e. The first-order chi connectivity index (χ1) is 9.19. The van der Waals surface area contributed by atoms with Gasteiger partial charge >= 0.3 is 0 Å². The molecule has 4 heteroatoms. The van der Waals surface area contributed by atoms with Gasteiger partial charge in [-0.3, -0.25) is 0 Å². The molecule has 0 fully saturated rings. The number of rotatable bonds is 4. The number of para-hydroxylation sites is 1. The van der Waals surface area contributed by atoms with E-state index in [1.165, 1.54) is 11.9 Å². The summed E-state index contributed by atoms with van der Waals surface area (Å²) in [5.41, 5.74) is 3.38. The van der Waals surface area contributed by atoms with Crippen molar-refractivity contribution in [3.05, 3.63) is 46.9 Å². The molecule has 0 saturated carbocycles. The summed E-state index contributed by atoms with van der Waals surface area (Å²) >= 11 is 6.18. The molecule has 0 bridgehead atoms. The smallest absolute Gasteiger partial charge is 0.141 e. The molecule has 1 aromatic heterocycles. The van der Waals surface area contributed by atoms with Gasteiger partial charge in [-0.1, -0.05) is 36.7 Å². The Bertz CT molecular complexity index is 569. The Balaban J connectivity index is 2.55. The van der Waals surface area contributed by atoms with Crippen molar-refractivity contribution in [3.63, 3.8) is 0 Å². The lowest BCUT2D eigenvalue weighted by Crippen LogP contribution is -2.20.